The predicted octanol–water partition coefficient (Wildman–Crippen LogP) is 0.723. The fraction of sp³-hybridized carbons (Fsp3) is 0.800. The van der Waals surface area contributed by atoms with Gasteiger partial charge in [-0.1, -0.05) is 6.92 Å². The molecule has 3 heterocycles. The lowest BCUT2D eigenvalue weighted by molar-refractivity contribution is 0.188. The minimum absolute atomic E-state index is 0.232. The Hall–Kier alpha value is -1.27. The standard InChI is InChI=1S/C15H27N5O/c1-11-3-4-13-14(16)15(17-20(13)12(11)2)19-7-5-18(6-8-19)9-10-21/h11-12,21H,3-10,16H2,1-2H3. The first-order valence-electron chi connectivity index (χ1n) is 8.06. The van der Waals surface area contributed by atoms with E-state index in [4.69, 9.17) is 15.9 Å². The third kappa shape index (κ3) is 2.62. The molecule has 1 saturated heterocycles. The van der Waals surface area contributed by atoms with E-state index in [9.17, 15) is 0 Å². The Balaban J connectivity index is 1.77. The molecule has 2 atom stereocenters. The molecule has 0 saturated carbocycles. The van der Waals surface area contributed by atoms with E-state index in [0.29, 0.717) is 12.0 Å². The van der Waals surface area contributed by atoms with Crippen LogP contribution in [0, 0.1) is 5.92 Å². The number of nitrogens with zero attached hydrogens (tertiary/aromatic N) is 4. The van der Waals surface area contributed by atoms with Gasteiger partial charge in [-0.3, -0.25) is 9.58 Å². The van der Waals surface area contributed by atoms with Gasteiger partial charge in [-0.05, 0) is 25.7 Å². The SMILES string of the molecule is CC1CCc2c(N)c(N3CCN(CCO)CC3)nn2C1C. The molecular weight excluding hydrogens is 266 g/mol. The molecule has 0 aliphatic carbocycles. The van der Waals surface area contributed by atoms with Gasteiger partial charge < -0.3 is 15.7 Å². The van der Waals surface area contributed by atoms with Crippen molar-refractivity contribution in [2.24, 2.45) is 5.92 Å². The predicted molar refractivity (Wildman–Crippen MR) is 84.6 cm³/mol. The van der Waals surface area contributed by atoms with Gasteiger partial charge in [0.05, 0.1) is 24.0 Å². The lowest BCUT2D eigenvalue weighted by Crippen LogP contribution is -2.47. The summed E-state index contributed by atoms with van der Waals surface area (Å²) in [5, 5.41) is 13.8. The molecule has 21 heavy (non-hydrogen) atoms. The lowest BCUT2D eigenvalue weighted by Gasteiger charge is -2.34. The van der Waals surface area contributed by atoms with E-state index in [-0.39, 0.29) is 6.61 Å². The molecule has 0 aromatic carbocycles. The fourth-order valence-corrected chi connectivity index (χ4v) is 3.46. The summed E-state index contributed by atoms with van der Waals surface area (Å²) in [4.78, 5) is 4.58. The third-order valence-corrected chi connectivity index (χ3v) is 5.16. The third-order valence-electron chi connectivity index (χ3n) is 5.16. The number of hydrogen-bond donors (Lipinski definition) is 2. The maximum absolute atomic E-state index is 9.02. The number of hydrogen-bond acceptors (Lipinski definition) is 5. The second-order valence-corrected chi connectivity index (χ2v) is 6.44. The summed E-state index contributed by atoms with van der Waals surface area (Å²) in [6.45, 7) is 9.33. The lowest BCUT2D eigenvalue weighted by atomic mass is 9.93. The molecule has 1 fully saturated rings. The van der Waals surface area contributed by atoms with Crippen LogP contribution in [0.2, 0.25) is 0 Å². The Kier molecular flexibility index (Phi) is 4.08. The van der Waals surface area contributed by atoms with E-state index in [2.05, 4.69) is 28.3 Å². The highest BCUT2D eigenvalue weighted by atomic mass is 16.3. The van der Waals surface area contributed by atoms with Crippen molar-refractivity contribution < 1.29 is 5.11 Å². The molecule has 3 N–H and O–H groups in total. The molecule has 0 bridgehead atoms. The molecular formula is C15H27N5O. The van der Waals surface area contributed by atoms with Crippen molar-refractivity contribution in [3.8, 4) is 0 Å². The van der Waals surface area contributed by atoms with Crippen LogP contribution in [-0.2, 0) is 6.42 Å². The topological polar surface area (TPSA) is 70.6 Å². The van der Waals surface area contributed by atoms with Crippen molar-refractivity contribution in [1.82, 2.24) is 14.7 Å². The Morgan fingerprint density at radius 2 is 1.95 bits per heavy atom. The Morgan fingerprint density at radius 1 is 1.24 bits per heavy atom. The zero-order valence-electron chi connectivity index (χ0n) is 13.1. The van der Waals surface area contributed by atoms with Gasteiger partial charge in [0.2, 0.25) is 0 Å². The van der Waals surface area contributed by atoms with Crippen LogP contribution in [0.5, 0.6) is 0 Å². The van der Waals surface area contributed by atoms with Gasteiger partial charge in [0, 0.05) is 32.7 Å². The molecule has 6 nitrogen and oxygen atoms in total. The number of aromatic nitrogens is 2. The average Bonchev–Trinajstić information content (AvgIpc) is 2.82. The van der Waals surface area contributed by atoms with Crippen LogP contribution in [0.4, 0.5) is 11.5 Å². The second-order valence-electron chi connectivity index (χ2n) is 6.44. The summed E-state index contributed by atoms with van der Waals surface area (Å²) in [7, 11) is 0. The number of nitrogens with two attached hydrogens (primary N) is 1. The van der Waals surface area contributed by atoms with Crippen molar-refractivity contribution in [3.63, 3.8) is 0 Å². The number of anilines is 2. The quantitative estimate of drug-likeness (QED) is 0.859. The molecule has 2 aliphatic heterocycles. The van der Waals surface area contributed by atoms with E-state index in [1.807, 2.05) is 0 Å². The first-order chi connectivity index (χ1) is 10.1. The van der Waals surface area contributed by atoms with Gasteiger partial charge in [0.25, 0.3) is 0 Å². The molecule has 6 heteroatoms. The summed E-state index contributed by atoms with van der Waals surface area (Å²) in [6.07, 6.45) is 2.23. The van der Waals surface area contributed by atoms with Gasteiger partial charge in [-0.15, -0.1) is 0 Å². The molecule has 1 aromatic rings. The Labute approximate surface area is 126 Å². The van der Waals surface area contributed by atoms with Crippen molar-refractivity contribution >= 4 is 11.5 Å². The van der Waals surface area contributed by atoms with Crippen LogP contribution in [-0.4, -0.2) is 59.1 Å². The molecule has 118 valence electrons. The minimum atomic E-state index is 0.232. The number of rotatable bonds is 3. The van der Waals surface area contributed by atoms with Crippen molar-refractivity contribution in [2.75, 3.05) is 50.0 Å². The monoisotopic (exact) mass is 293 g/mol. The number of piperazine rings is 1. The molecule has 3 rings (SSSR count). The summed E-state index contributed by atoms with van der Waals surface area (Å²) in [5.41, 5.74) is 8.47. The fourth-order valence-electron chi connectivity index (χ4n) is 3.46. The van der Waals surface area contributed by atoms with Crippen LogP contribution in [0.3, 0.4) is 0 Å². The highest BCUT2D eigenvalue weighted by Crippen LogP contribution is 2.36. The Bertz CT molecular complexity index is 492. The van der Waals surface area contributed by atoms with E-state index < -0.39 is 0 Å². The summed E-state index contributed by atoms with van der Waals surface area (Å²) in [5.74, 6) is 1.63. The zero-order chi connectivity index (χ0) is 15.0. The number of fused-ring (bicyclic) bond motifs is 1. The van der Waals surface area contributed by atoms with E-state index in [1.165, 1.54) is 12.1 Å². The molecule has 2 aliphatic rings. The van der Waals surface area contributed by atoms with Crippen LogP contribution in [0.15, 0.2) is 0 Å². The summed E-state index contributed by atoms with van der Waals surface area (Å²) in [6, 6.07) is 0.431. The maximum Gasteiger partial charge on any atom is 0.174 e. The first-order valence-corrected chi connectivity index (χ1v) is 8.06. The highest BCUT2D eigenvalue weighted by Gasteiger charge is 2.30. The number of aliphatic hydroxyl groups excluding tert-OH is 1. The van der Waals surface area contributed by atoms with Crippen LogP contribution < -0.4 is 10.6 Å². The average molecular weight is 293 g/mol. The highest BCUT2D eigenvalue weighted by molar-refractivity contribution is 5.66. The molecule has 0 radical (unpaired) electrons. The second kappa shape index (κ2) is 5.85. The minimum Gasteiger partial charge on any atom is -0.395 e. The summed E-state index contributed by atoms with van der Waals surface area (Å²) < 4.78 is 2.15. The molecule has 2 unspecified atom stereocenters. The molecule has 0 amide bonds. The van der Waals surface area contributed by atoms with E-state index in [0.717, 1.165) is 50.6 Å². The normalized spacial score (nSPS) is 26.9. The van der Waals surface area contributed by atoms with Crippen molar-refractivity contribution in [3.05, 3.63) is 5.69 Å². The smallest absolute Gasteiger partial charge is 0.174 e. The summed E-state index contributed by atoms with van der Waals surface area (Å²) >= 11 is 0. The first kappa shape index (κ1) is 14.7. The van der Waals surface area contributed by atoms with Crippen molar-refractivity contribution in [1.29, 1.82) is 0 Å². The van der Waals surface area contributed by atoms with Gasteiger partial charge in [0.1, 0.15) is 0 Å². The molecule has 1 aromatic heterocycles. The van der Waals surface area contributed by atoms with Crippen LogP contribution >= 0.6 is 0 Å². The van der Waals surface area contributed by atoms with E-state index >= 15 is 0 Å². The largest absolute Gasteiger partial charge is 0.395 e. The van der Waals surface area contributed by atoms with Crippen LogP contribution in [0.25, 0.3) is 0 Å². The van der Waals surface area contributed by atoms with Crippen molar-refractivity contribution in [2.45, 2.75) is 32.7 Å². The van der Waals surface area contributed by atoms with Gasteiger partial charge >= 0.3 is 0 Å². The Morgan fingerprint density at radius 3 is 2.62 bits per heavy atom. The number of nitrogen functional groups attached to an aromatic ring is 1. The molecule has 0 spiro atoms. The van der Waals surface area contributed by atoms with Gasteiger partial charge in [0.15, 0.2) is 5.82 Å². The number of β-amino-alcohol motifs (C(OH)–C–C–N with tert-alkyl or cyclic N) is 1. The number of aliphatic hydroxyl groups is 1. The van der Waals surface area contributed by atoms with Gasteiger partial charge in [-0.25, -0.2) is 0 Å². The van der Waals surface area contributed by atoms with Gasteiger partial charge in [-0.2, -0.15) is 5.10 Å². The maximum atomic E-state index is 9.02. The zero-order valence-corrected chi connectivity index (χ0v) is 13.1. The van der Waals surface area contributed by atoms with Crippen LogP contribution in [0.1, 0.15) is 32.0 Å². The van der Waals surface area contributed by atoms with E-state index in [1.54, 1.807) is 0 Å².